The molecule has 1 atom stereocenters. The summed E-state index contributed by atoms with van der Waals surface area (Å²) in [4.78, 5) is 10.3. The predicted molar refractivity (Wildman–Crippen MR) is 78.5 cm³/mol. The smallest absolute Gasteiger partial charge is 0.273 e. The molecule has 4 nitrogen and oxygen atoms in total. The van der Waals surface area contributed by atoms with Gasteiger partial charge in [-0.3, -0.25) is 10.1 Å². The lowest BCUT2D eigenvalue weighted by atomic mass is 10.1. The van der Waals surface area contributed by atoms with Crippen LogP contribution in [-0.2, 0) is 0 Å². The van der Waals surface area contributed by atoms with E-state index in [4.69, 9.17) is 4.74 Å². The van der Waals surface area contributed by atoms with Gasteiger partial charge in [-0.15, -0.1) is 0 Å². The molecule has 6 heteroatoms. The first-order chi connectivity index (χ1) is 8.58. The highest BCUT2D eigenvalue weighted by atomic mass is 79.9. The van der Waals surface area contributed by atoms with Crippen LogP contribution >= 0.6 is 31.9 Å². The highest BCUT2D eigenvalue weighted by molar-refractivity contribution is 9.10. The fourth-order valence-corrected chi connectivity index (χ4v) is 2.41. The third kappa shape index (κ3) is 4.57. The zero-order valence-electron chi connectivity index (χ0n) is 10.1. The van der Waals surface area contributed by atoms with Gasteiger partial charge in [0.05, 0.1) is 22.1 Å². The topological polar surface area (TPSA) is 52.4 Å². The molecular weight excluding hydrogens is 366 g/mol. The highest BCUT2D eigenvalue weighted by Gasteiger charge is 2.12. The lowest BCUT2D eigenvalue weighted by molar-refractivity contribution is -0.385. The number of ether oxygens (including phenoxy) is 1. The molecule has 100 valence electrons. The minimum atomic E-state index is -0.423. The van der Waals surface area contributed by atoms with Crippen molar-refractivity contribution in [2.24, 2.45) is 5.92 Å². The number of nitrogens with zero attached hydrogens (tertiary/aromatic N) is 1. The van der Waals surface area contributed by atoms with Gasteiger partial charge >= 0.3 is 0 Å². The molecule has 1 rings (SSSR count). The summed E-state index contributed by atoms with van der Waals surface area (Å²) < 4.78 is 6.39. The molecule has 0 aliphatic rings. The predicted octanol–water partition coefficient (Wildman–Crippen LogP) is 4.55. The van der Waals surface area contributed by atoms with E-state index in [9.17, 15) is 10.1 Å². The van der Waals surface area contributed by atoms with Gasteiger partial charge in [-0.2, -0.15) is 0 Å². The third-order valence-electron chi connectivity index (χ3n) is 2.52. The van der Waals surface area contributed by atoms with E-state index < -0.39 is 4.92 Å². The Kier molecular flexibility index (Phi) is 6.63. The van der Waals surface area contributed by atoms with Gasteiger partial charge in [-0.05, 0) is 28.4 Å². The molecule has 0 heterocycles. The molecule has 1 aromatic carbocycles. The summed E-state index contributed by atoms with van der Waals surface area (Å²) in [6.07, 6.45) is 2.16. The van der Waals surface area contributed by atoms with E-state index >= 15 is 0 Å². The quantitative estimate of drug-likeness (QED) is 0.396. The van der Waals surface area contributed by atoms with Crippen molar-refractivity contribution in [3.05, 3.63) is 32.8 Å². The Morgan fingerprint density at radius 1 is 1.50 bits per heavy atom. The number of hydrogen-bond donors (Lipinski definition) is 0. The molecule has 0 fully saturated rings. The Balaban J connectivity index is 2.71. The zero-order chi connectivity index (χ0) is 13.5. The largest absolute Gasteiger partial charge is 0.492 e. The molecular formula is C12H15Br2NO3. The normalized spacial score (nSPS) is 12.2. The van der Waals surface area contributed by atoms with Gasteiger partial charge in [0.2, 0.25) is 0 Å². The number of nitro groups is 1. The second-order valence-electron chi connectivity index (χ2n) is 3.99. The van der Waals surface area contributed by atoms with Crippen LogP contribution in [0.25, 0.3) is 0 Å². The van der Waals surface area contributed by atoms with Crippen molar-refractivity contribution in [2.45, 2.75) is 19.8 Å². The van der Waals surface area contributed by atoms with Gasteiger partial charge in [0, 0.05) is 17.3 Å². The van der Waals surface area contributed by atoms with Crippen molar-refractivity contribution in [1.82, 2.24) is 0 Å². The van der Waals surface area contributed by atoms with Gasteiger partial charge in [0.15, 0.2) is 0 Å². The molecule has 0 saturated carbocycles. The Morgan fingerprint density at radius 2 is 2.22 bits per heavy atom. The monoisotopic (exact) mass is 379 g/mol. The van der Waals surface area contributed by atoms with Gasteiger partial charge < -0.3 is 4.74 Å². The number of rotatable bonds is 7. The van der Waals surface area contributed by atoms with Crippen LogP contribution in [0.4, 0.5) is 5.69 Å². The summed E-state index contributed by atoms with van der Waals surface area (Å²) >= 11 is 6.78. The van der Waals surface area contributed by atoms with Crippen LogP contribution in [0.5, 0.6) is 5.75 Å². The number of alkyl halides is 1. The van der Waals surface area contributed by atoms with Crippen LogP contribution in [0.15, 0.2) is 22.7 Å². The maximum absolute atomic E-state index is 10.7. The summed E-state index contributed by atoms with van der Waals surface area (Å²) in [6.45, 7) is 2.68. The van der Waals surface area contributed by atoms with E-state index in [-0.39, 0.29) is 5.69 Å². The summed E-state index contributed by atoms with van der Waals surface area (Å²) in [7, 11) is 0. The first-order valence-corrected chi connectivity index (χ1v) is 7.62. The molecule has 0 amide bonds. The number of benzene rings is 1. The Bertz CT molecular complexity index is 412. The molecule has 1 unspecified atom stereocenters. The van der Waals surface area contributed by atoms with Crippen molar-refractivity contribution in [2.75, 3.05) is 11.9 Å². The van der Waals surface area contributed by atoms with Crippen molar-refractivity contribution >= 4 is 37.5 Å². The Morgan fingerprint density at radius 3 is 2.78 bits per heavy atom. The number of halogens is 2. The minimum absolute atomic E-state index is 0.0408. The number of nitro benzene ring substituents is 1. The average molecular weight is 381 g/mol. The lowest BCUT2D eigenvalue weighted by Gasteiger charge is -2.15. The fraction of sp³-hybridized carbons (Fsp3) is 0.500. The van der Waals surface area contributed by atoms with Crippen molar-refractivity contribution in [3.8, 4) is 5.75 Å². The van der Waals surface area contributed by atoms with E-state index in [0.717, 1.165) is 22.6 Å². The van der Waals surface area contributed by atoms with E-state index in [1.54, 1.807) is 6.07 Å². The molecule has 0 radical (unpaired) electrons. The van der Waals surface area contributed by atoms with Crippen molar-refractivity contribution in [3.63, 3.8) is 0 Å². The van der Waals surface area contributed by atoms with Crippen LogP contribution in [0, 0.1) is 16.0 Å². The molecule has 0 aromatic heterocycles. The lowest BCUT2D eigenvalue weighted by Crippen LogP contribution is -2.13. The second-order valence-corrected chi connectivity index (χ2v) is 5.49. The summed E-state index contributed by atoms with van der Waals surface area (Å²) in [5, 5.41) is 11.6. The van der Waals surface area contributed by atoms with E-state index in [1.165, 1.54) is 12.1 Å². The molecule has 0 N–H and O–H groups in total. The first kappa shape index (κ1) is 15.4. The summed E-state index contributed by atoms with van der Waals surface area (Å²) in [6, 6.07) is 4.53. The molecule has 0 bridgehead atoms. The average Bonchev–Trinajstić information content (AvgIpc) is 2.35. The van der Waals surface area contributed by atoms with Crippen LogP contribution < -0.4 is 4.74 Å². The van der Waals surface area contributed by atoms with Crippen molar-refractivity contribution < 1.29 is 9.66 Å². The van der Waals surface area contributed by atoms with Crippen LogP contribution in [0.3, 0.4) is 0 Å². The SMILES string of the molecule is CCCC(CBr)COc1cc([N+](=O)[O-])ccc1Br. The second kappa shape index (κ2) is 7.74. The summed E-state index contributed by atoms with van der Waals surface area (Å²) in [5.74, 6) is 0.937. The summed E-state index contributed by atoms with van der Waals surface area (Å²) in [5.41, 5.74) is 0.0408. The van der Waals surface area contributed by atoms with Gasteiger partial charge in [0.25, 0.3) is 5.69 Å². The van der Waals surface area contributed by atoms with Crippen molar-refractivity contribution in [1.29, 1.82) is 0 Å². The standard InChI is InChI=1S/C12H15Br2NO3/c1-2-3-9(7-13)8-18-12-6-10(15(16)17)4-5-11(12)14/h4-6,9H,2-3,7-8H2,1H3. The number of non-ortho nitro benzene ring substituents is 1. The fourth-order valence-electron chi connectivity index (χ4n) is 1.54. The van der Waals surface area contributed by atoms with E-state index in [1.807, 2.05) is 0 Å². The molecule has 1 aromatic rings. The molecule has 0 saturated heterocycles. The van der Waals surface area contributed by atoms with Crippen LogP contribution in [-0.4, -0.2) is 16.9 Å². The third-order valence-corrected chi connectivity index (χ3v) is 4.09. The maximum atomic E-state index is 10.7. The Hall–Kier alpha value is -0.620. The van der Waals surface area contributed by atoms with E-state index in [2.05, 4.69) is 38.8 Å². The van der Waals surface area contributed by atoms with Crippen LogP contribution in [0.2, 0.25) is 0 Å². The maximum Gasteiger partial charge on any atom is 0.273 e. The molecule has 0 aliphatic heterocycles. The molecule has 18 heavy (non-hydrogen) atoms. The highest BCUT2D eigenvalue weighted by Crippen LogP contribution is 2.29. The number of hydrogen-bond acceptors (Lipinski definition) is 3. The van der Waals surface area contributed by atoms with Crippen LogP contribution in [0.1, 0.15) is 19.8 Å². The minimum Gasteiger partial charge on any atom is -0.492 e. The van der Waals surface area contributed by atoms with Gasteiger partial charge in [-0.1, -0.05) is 29.3 Å². The van der Waals surface area contributed by atoms with Gasteiger partial charge in [-0.25, -0.2) is 0 Å². The van der Waals surface area contributed by atoms with Gasteiger partial charge in [0.1, 0.15) is 5.75 Å². The van der Waals surface area contributed by atoms with E-state index in [0.29, 0.717) is 18.3 Å². The first-order valence-electron chi connectivity index (χ1n) is 5.71. The molecule has 0 aliphatic carbocycles. The molecule has 0 spiro atoms. The zero-order valence-corrected chi connectivity index (χ0v) is 13.2. The Labute approximate surface area is 123 Å².